The molecule has 2 aromatic carbocycles. The molecule has 6 nitrogen and oxygen atoms in total. The fourth-order valence-electron chi connectivity index (χ4n) is 4.54. The molecule has 1 atom stereocenters. The zero-order valence-corrected chi connectivity index (χ0v) is 19.2. The monoisotopic (exact) mass is 490 g/mol. The number of halogens is 3. The van der Waals surface area contributed by atoms with Crippen LogP contribution in [0.4, 0.5) is 4.39 Å². The maximum atomic E-state index is 13.9. The molecule has 0 saturated carbocycles. The lowest BCUT2D eigenvalue weighted by atomic mass is 9.98. The lowest BCUT2D eigenvalue weighted by Crippen LogP contribution is -2.38. The van der Waals surface area contributed by atoms with Crippen LogP contribution in [0.5, 0.6) is 0 Å². The van der Waals surface area contributed by atoms with Crippen LogP contribution in [-0.2, 0) is 4.74 Å². The first-order valence-corrected chi connectivity index (χ1v) is 11.5. The van der Waals surface area contributed by atoms with Crippen molar-refractivity contribution in [3.63, 3.8) is 0 Å². The molecule has 1 saturated heterocycles. The molecule has 3 heterocycles. The number of amides is 1. The lowest BCUT2D eigenvalue weighted by molar-refractivity contribution is 0.0353. The molecule has 1 aromatic heterocycles. The minimum Gasteiger partial charge on any atom is -0.450 e. The first-order chi connectivity index (χ1) is 15.9. The number of carbonyl (C=O) groups excluding carboxylic acids is 1. The van der Waals surface area contributed by atoms with Gasteiger partial charge in [-0.2, -0.15) is 0 Å². The summed E-state index contributed by atoms with van der Waals surface area (Å²) < 4.78 is 25.1. The molecule has 2 aliphatic rings. The van der Waals surface area contributed by atoms with Crippen molar-refractivity contribution in [3.8, 4) is 0 Å². The van der Waals surface area contributed by atoms with Gasteiger partial charge in [-0.05, 0) is 42.3 Å². The Hall–Kier alpha value is -2.45. The number of rotatable bonds is 5. The topological polar surface area (TPSA) is 63.0 Å². The van der Waals surface area contributed by atoms with Crippen LogP contribution in [0.15, 0.2) is 45.6 Å². The summed E-state index contributed by atoms with van der Waals surface area (Å²) in [5, 5.41) is 0.790. The Morgan fingerprint density at radius 3 is 2.55 bits per heavy atom. The van der Waals surface area contributed by atoms with E-state index in [1.807, 2.05) is 0 Å². The molecule has 172 valence electrons. The van der Waals surface area contributed by atoms with E-state index in [-0.39, 0.29) is 28.2 Å². The Bertz CT molecular complexity index is 1290. The number of nitrogens with zero attached hydrogens (tertiary/aromatic N) is 2. The van der Waals surface area contributed by atoms with Crippen LogP contribution in [0.2, 0.25) is 10.0 Å². The average Bonchev–Trinajstić information content (AvgIpc) is 3.09. The van der Waals surface area contributed by atoms with Gasteiger partial charge >= 0.3 is 0 Å². The van der Waals surface area contributed by atoms with Crippen molar-refractivity contribution >= 4 is 40.1 Å². The van der Waals surface area contributed by atoms with Crippen molar-refractivity contribution in [3.05, 3.63) is 79.4 Å². The molecule has 0 spiro atoms. The summed E-state index contributed by atoms with van der Waals surface area (Å²) in [6.07, 6.45) is 0.708. The number of hydrogen-bond donors (Lipinski definition) is 0. The molecule has 9 heteroatoms. The quantitative estimate of drug-likeness (QED) is 0.526. The molecule has 33 heavy (non-hydrogen) atoms. The normalized spacial score (nSPS) is 18.8. The second kappa shape index (κ2) is 9.06. The standard InChI is InChI=1S/C24H21Cl2FN2O4/c25-17-4-2-14(12-18(17)26)21-20-22(30)16-13-15(27)3-5-19(16)33-23(20)24(31)29(21)7-1-6-28-8-10-32-11-9-28/h2-5,12-13,21H,1,6-11H2/t21-/m1/s1. The third kappa shape index (κ3) is 4.15. The van der Waals surface area contributed by atoms with Crippen LogP contribution in [-0.4, -0.2) is 55.1 Å². The number of carbonyl (C=O) groups is 1. The van der Waals surface area contributed by atoms with Gasteiger partial charge in [0, 0.05) is 26.2 Å². The summed E-state index contributed by atoms with van der Waals surface area (Å²) >= 11 is 12.4. The molecule has 0 bridgehead atoms. The first-order valence-electron chi connectivity index (χ1n) is 10.8. The molecule has 2 aliphatic heterocycles. The molecule has 1 fully saturated rings. The second-order valence-electron chi connectivity index (χ2n) is 8.20. The van der Waals surface area contributed by atoms with Gasteiger partial charge in [-0.1, -0.05) is 29.3 Å². The molecule has 1 amide bonds. The van der Waals surface area contributed by atoms with Gasteiger partial charge in [-0.3, -0.25) is 14.5 Å². The molecule has 5 rings (SSSR count). The Labute approximate surface area is 199 Å². The van der Waals surface area contributed by atoms with E-state index in [2.05, 4.69) is 4.90 Å². The molecule has 0 N–H and O–H groups in total. The molecule has 0 unspecified atom stereocenters. The minimum atomic E-state index is -0.698. The van der Waals surface area contributed by atoms with Crippen LogP contribution in [0.3, 0.4) is 0 Å². The average molecular weight is 491 g/mol. The molecule has 0 aliphatic carbocycles. The summed E-state index contributed by atoms with van der Waals surface area (Å²) in [6, 6.07) is 8.04. The third-order valence-electron chi connectivity index (χ3n) is 6.16. The molecular formula is C24H21Cl2FN2O4. The number of ether oxygens (including phenoxy) is 1. The van der Waals surface area contributed by atoms with E-state index >= 15 is 0 Å². The maximum Gasteiger partial charge on any atom is 0.290 e. The SMILES string of the molecule is O=C1c2oc3ccc(F)cc3c(=O)c2[C@@H](c2ccc(Cl)c(Cl)c2)N1CCCN1CCOCC1. The predicted molar refractivity (Wildman–Crippen MR) is 124 cm³/mol. The van der Waals surface area contributed by atoms with E-state index in [1.54, 1.807) is 23.1 Å². The van der Waals surface area contributed by atoms with Gasteiger partial charge in [-0.25, -0.2) is 4.39 Å². The van der Waals surface area contributed by atoms with Gasteiger partial charge in [0.2, 0.25) is 5.76 Å². The van der Waals surface area contributed by atoms with E-state index in [0.29, 0.717) is 41.8 Å². The smallest absolute Gasteiger partial charge is 0.290 e. The van der Waals surface area contributed by atoms with Crippen molar-refractivity contribution < 1.29 is 18.3 Å². The fourth-order valence-corrected chi connectivity index (χ4v) is 4.85. The Morgan fingerprint density at radius 1 is 1.00 bits per heavy atom. The zero-order valence-electron chi connectivity index (χ0n) is 17.7. The van der Waals surface area contributed by atoms with Gasteiger partial charge < -0.3 is 14.1 Å². The molecule has 3 aromatic rings. The van der Waals surface area contributed by atoms with Gasteiger partial charge in [0.15, 0.2) is 5.43 Å². The van der Waals surface area contributed by atoms with Crippen molar-refractivity contribution in [2.75, 3.05) is 39.4 Å². The summed E-state index contributed by atoms with van der Waals surface area (Å²) in [7, 11) is 0. The Balaban J connectivity index is 1.56. The second-order valence-corrected chi connectivity index (χ2v) is 9.01. The van der Waals surface area contributed by atoms with E-state index < -0.39 is 17.3 Å². The van der Waals surface area contributed by atoms with Crippen LogP contribution >= 0.6 is 23.2 Å². The summed E-state index contributed by atoms with van der Waals surface area (Å²) in [5.41, 5.74) is 0.594. The fraction of sp³-hybridized carbons (Fsp3) is 0.333. The number of hydrogen-bond acceptors (Lipinski definition) is 5. The van der Waals surface area contributed by atoms with Crippen LogP contribution < -0.4 is 5.43 Å². The van der Waals surface area contributed by atoms with Gasteiger partial charge in [-0.15, -0.1) is 0 Å². The van der Waals surface area contributed by atoms with Crippen LogP contribution in [0.25, 0.3) is 11.0 Å². The van der Waals surface area contributed by atoms with E-state index in [4.69, 9.17) is 32.4 Å². The summed E-state index contributed by atoms with van der Waals surface area (Å²) in [5.74, 6) is -0.930. The molecular weight excluding hydrogens is 470 g/mol. The largest absolute Gasteiger partial charge is 0.450 e. The number of morpholine rings is 1. The van der Waals surface area contributed by atoms with Crippen molar-refractivity contribution in [1.29, 1.82) is 0 Å². The van der Waals surface area contributed by atoms with E-state index in [0.717, 1.165) is 25.7 Å². The van der Waals surface area contributed by atoms with Crippen molar-refractivity contribution in [2.24, 2.45) is 0 Å². The van der Waals surface area contributed by atoms with Crippen LogP contribution in [0, 0.1) is 5.82 Å². The zero-order chi connectivity index (χ0) is 23.1. The minimum absolute atomic E-state index is 0.0125. The van der Waals surface area contributed by atoms with Crippen molar-refractivity contribution in [1.82, 2.24) is 9.80 Å². The Kier molecular flexibility index (Phi) is 6.14. The summed E-state index contributed by atoms with van der Waals surface area (Å²) in [4.78, 5) is 30.8. The highest BCUT2D eigenvalue weighted by Gasteiger charge is 2.42. The third-order valence-corrected chi connectivity index (χ3v) is 6.90. The van der Waals surface area contributed by atoms with E-state index in [9.17, 15) is 14.0 Å². The van der Waals surface area contributed by atoms with E-state index in [1.165, 1.54) is 12.1 Å². The number of fused-ring (bicyclic) bond motifs is 2. The maximum absolute atomic E-state index is 13.9. The first kappa shape index (κ1) is 22.3. The number of benzene rings is 2. The van der Waals surface area contributed by atoms with Crippen molar-refractivity contribution in [2.45, 2.75) is 12.5 Å². The molecule has 0 radical (unpaired) electrons. The highest BCUT2D eigenvalue weighted by molar-refractivity contribution is 6.42. The summed E-state index contributed by atoms with van der Waals surface area (Å²) in [6.45, 7) is 4.30. The van der Waals surface area contributed by atoms with Crippen LogP contribution in [0.1, 0.15) is 34.1 Å². The highest BCUT2D eigenvalue weighted by Crippen LogP contribution is 2.39. The highest BCUT2D eigenvalue weighted by atomic mass is 35.5. The van der Waals surface area contributed by atoms with Gasteiger partial charge in [0.05, 0.1) is 40.3 Å². The van der Waals surface area contributed by atoms with Gasteiger partial charge in [0.25, 0.3) is 5.91 Å². The Morgan fingerprint density at radius 2 is 1.79 bits per heavy atom. The van der Waals surface area contributed by atoms with Gasteiger partial charge in [0.1, 0.15) is 11.4 Å². The predicted octanol–water partition coefficient (Wildman–Crippen LogP) is 4.51. The lowest BCUT2D eigenvalue weighted by Gasteiger charge is -2.29.